The maximum atomic E-state index is 13.0. The zero-order valence-corrected chi connectivity index (χ0v) is 17.4. The molecule has 2 aliphatic heterocycles. The topological polar surface area (TPSA) is 80.8 Å². The van der Waals surface area contributed by atoms with Crippen molar-refractivity contribution in [2.45, 2.75) is 76.9 Å². The van der Waals surface area contributed by atoms with Gasteiger partial charge in [-0.05, 0) is 63.2 Å². The van der Waals surface area contributed by atoms with Gasteiger partial charge in [-0.1, -0.05) is 6.92 Å². The Balaban J connectivity index is 1.61. The first kappa shape index (κ1) is 19.4. The summed E-state index contributed by atoms with van der Waals surface area (Å²) in [5.74, 6) is 1.74. The SMILES string of the molecule is C[C@]12CCC3[C@@H](CCN4C(=O)CC(OS(C)(=O)=O)CC[C@]34C)[C@@H]1CCC2=O. The van der Waals surface area contributed by atoms with Gasteiger partial charge in [0.2, 0.25) is 5.91 Å². The van der Waals surface area contributed by atoms with Crippen molar-refractivity contribution in [1.82, 2.24) is 4.90 Å². The summed E-state index contributed by atoms with van der Waals surface area (Å²) >= 11 is 0. The molecule has 4 aliphatic rings. The lowest BCUT2D eigenvalue weighted by Crippen LogP contribution is -2.62. The Kier molecular flexibility index (Phi) is 4.50. The molecule has 4 rings (SSSR count). The van der Waals surface area contributed by atoms with Gasteiger partial charge in [-0.25, -0.2) is 0 Å². The Hall–Kier alpha value is -0.950. The van der Waals surface area contributed by atoms with Crippen LogP contribution in [0.1, 0.15) is 65.2 Å². The third kappa shape index (κ3) is 3.05. The van der Waals surface area contributed by atoms with Gasteiger partial charge in [0, 0.05) is 23.9 Å². The molecule has 2 saturated heterocycles. The van der Waals surface area contributed by atoms with Crippen molar-refractivity contribution in [3.8, 4) is 0 Å². The van der Waals surface area contributed by atoms with Crippen LogP contribution >= 0.6 is 0 Å². The zero-order valence-electron chi connectivity index (χ0n) is 16.6. The second-order valence-corrected chi connectivity index (χ2v) is 11.3. The molecule has 1 amide bonds. The van der Waals surface area contributed by atoms with Crippen molar-refractivity contribution >= 4 is 21.8 Å². The largest absolute Gasteiger partial charge is 0.337 e. The minimum absolute atomic E-state index is 0.0120. The van der Waals surface area contributed by atoms with Crippen molar-refractivity contribution in [2.24, 2.45) is 23.2 Å². The molecule has 6 nitrogen and oxygen atoms in total. The number of piperidine rings is 1. The van der Waals surface area contributed by atoms with Crippen LogP contribution < -0.4 is 0 Å². The molecular formula is C20H31NO5S. The van der Waals surface area contributed by atoms with E-state index in [1.54, 1.807) is 0 Å². The number of rotatable bonds is 2. The van der Waals surface area contributed by atoms with Crippen molar-refractivity contribution < 1.29 is 22.2 Å². The molecule has 0 aromatic heterocycles. The van der Waals surface area contributed by atoms with Crippen molar-refractivity contribution in [3.05, 3.63) is 0 Å². The lowest BCUT2D eigenvalue weighted by Gasteiger charge is -2.58. The first-order valence-corrected chi connectivity index (χ1v) is 12.1. The molecule has 0 N–H and O–H groups in total. The highest BCUT2D eigenvalue weighted by Gasteiger charge is 2.60. The van der Waals surface area contributed by atoms with Crippen LogP contribution in [0.25, 0.3) is 0 Å². The minimum Gasteiger partial charge on any atom is -0.337 e. The van der Waals surface area contributed by atoms with E-state index in [4.69, 9.17) is 4.18 Å². The van der Waals surface area contributed by atoms with Crippen molar-refractivity contribution in [1.29, 1.82) is 0 Å². The molecule has 6 atom stereocenters. The average molecular weight is 398 g/mol. The van der Waals surface area contributed by atoms with E-state index in [1.165, 1.54) is 0 Å². The van der Waals surface area contributed by atoms with Gasteiger partial charge >= 0.3 is 0 Å². The van der Waals surface area contributed by atoms with Gasteiger partial charge in [-0.2, -0.15) is 8.42 Å². The molecule has 152 valence electrons. The normalized spacial score (nSPS) is 45.1. The fraction of sp³-hybridized carbons (Fsp3) is 0.900. The van der Waals surface area contributed by atoms with Crippen LogP contribution in [0.2, 0.25) is 0 Å². The monoisotopic (exact) mass is 397 g/mol. The molecule has 2 heterocycles. The maximum absolute atomic E-state index is 13.0. The van der Waals surface area contributed by atoms with Gasteiger partial charge in [0.15, 0.2) is 0 Å². The molecule has 4 fully saturated rings. The molecule has 2 aliphatic carbocycles. The molecule has 2 saturated carbocycles. The Morgan fingerprint density at radius 2 is 1.78 bits per heavy atom. The van der Waals surface area contributed by atoms with Crippen LogP contribution in [-0.4, -0.2) is 49.5 Å². The standard InChI is InChI=1S/C20H31NO5S/c1-19-9-7-16-14(15(19)4-5-17(19)22)8-11-21-18(23)12-13(26-27(3,24)25)6-10-20(16,21)2/h13-16H,4-12H2,1-3H3/t13?,14-,15-,16?,19-,20+/m0/s1. The lowest BCUT2D eigenvalue weighted by atomic mass is 9.53. The van der Waals surface area contributed by atoms with Crippen molar-refractivity contribution in [3.63, 3.8) is 0 Å². The van der Waals surface area contributed by atoms with E-state index < -0.39 is 16.2 Å². The van der Waals surface area contributed by atoms with E-state index in [9.17, 15) is 18.0 Å². The number of nitrogens with zero attached hydrogens (tertiary/aromatic N) is 1. The van der Waals surface area contributed by atoms with Crippen LogP contribution in [0.5, 0.6) is 0 Å². The maximum Gasteiger partial charge on any atom is 0.264 e. The summed E-state index contributed by atoms with van der Waals surface area (Å²) in [5.41, 5.74) is -0.432. The number of Topliss-reactive ketones (excluding diaryl/α,β-unsaturated/α-hetero) is 1. The number of carbonyl (C=O) groups excluding carboxylic acids is 2. The van der Waals surface area contributed by atoms with E-state index in [0.717, 1.165) is 38.4 Å². The first-order chi connectivity index (χ1) is 12.5. The highest BCUT2D eigenvalue weighted by molar-refractivity contribution is 7.86. The predicted molar refractivity (Wildman–Crippen MR) is 100 cm³/mol. The summed E-state index contributed by atoms with van der Waals surface area (Å²) in [5, 5.41) is 0. The van der Waals surface area contributed by atoms with Gasteiger partial charge in [0.25, 0.3) is 10.1 Å². The highest BCUT2D eigenvalue weighted by Crippen LogP contribution is 2.60. The minimum atomic E-state index is -3.57. The second-order valence-electron chi connectivity index (χ2n) is 9.65. The van der Waals surface area contributed by atoms with Crippen molar-refractivity contribution in [2.75, 3.05) is 12.8 Å². The highest BCUT2D eigenvalue weighted by atomic mass is 32.2. The van der Waals surface area contributed by atoms with E-state index in [1.807, 2.05) is 4.90 Å². The number of hydrogen-bond acceptors (Lipinski definition) is 5. The third-order valence-corrected chi connectivity index (χ3v) is 8.86. The molecule has 0 bridgehead atoms. The molecule has 0 spiro atoms. The fourth-order valence-corrected chi connectivity index (χ4v) is 7.55. The number of carbonyl (C=O) groups is 2. The molecule has 7 heteroatoms. The number of ketones is 1. The predicted octanol–water partition coefficient (Wildman–Crippen LogP) is 2.52. The molecule has 27 heavy (non-hydrogen) atoms. The van der Waals surface area contributed by atoms with Crippen LogP contribution in [0.4, 0.5) is 0 Å². The van der Waals surface area contributed by atoms with Gasteiger partial charge in [-0.3, -0.25) is 13.8 Å². The Morgan fingerprint density at radius 3 is 2.48 bits per heavy atom. The van der Waals surface area contributed by atoms with E-state index >= 15 is 0 Å². The van der Waals surface area contributed by atoms with Gasteiger partial charge in [0.1, 0.15) is 5.78 Å². The summed E-state index contributed by atoms with van der Waals surface area (Å²) in [6.07, 6.45) is 6.50. The number of fused-ring (bicyclic) bond motifs is 5. The summed E-state index contributed by atoms with van der Waals surface area (Å²) in [6.45, 7) is 5.05. The van der Waals surface area contributed by atoms with Crippen LogP contribution in [0, 0.1) is 23.2 Å². The Bertz CT molecular complexity index is 764. The Labute approximate surface area is 162 Å². The average Bonchev–Trinajstić information content (AvgIpc) is 2.80. The van der Waals surface area contributed by atoms with E-state index in [0.29, 0.717) is 42.9 Å². The fourth-order valence-electron chi connectivity index (χ4n) is 6.89. The second kappa shape index (κ2) is 6.28. The van der Waals surface area contributed by atoms with E-state index in [2.05, 4.69) is 13.8 Å². The first-order valence-electron chi connectivity index (χ1n) is 10.3. The summed E-state index contributed by atoms with van der Waals surface area (Å²) < 4.78 is 28.3. The molecule has 0 aromatic rings. The molecular weight excluding hydrogens is 366 g/mol. The van der Waals surface area contributed by atoms with Gasteiger partial charge in [-0.15, -0.1) is 0 Å². The van der Waals surface area contributed by atoms with Gasteiger partial charge < -0.3 is 4.90 Å². The molecule has 0 aromatic carbocycles. The van der Waals surface area contributed by atoms with Gasteiger partial charge in [0.05, 0.1) is 18.8 Å². The van der Waals surface area contributed by atoms with Crippen LogP contribution in [0.15, 0.2) is 0 Å². The smallest absolute Gasteiger partial charge is 0.264 e. The molecule has 2 unspecified atom stereocenters. The molecule has 0 radical (unpaired) electrons. The van der Waals surface area contributed by atoms with Crippen LogP contribution in [-0.2, 0) is 23.9 Å². The zero-order chi connectivity index (χ0) is 19.6. The summed E-state index contributed by atoms with van der Waals surface area (Å²) in [6, 6.07) is 0. The third-order valence-electron chi connectivity index (χ3n) is 8.23. The number of amides is 1. The lowest BCUT2D eigenvalue weighted by molar-refractivity contribution is -0.154. The number of hydrogen-bond donors (Lipinski definition) is 0. The Morgan fingerprint density at radius 1 is 1.04 bits per heavy atom. The summed E-state index contributed by atoms with van der Waals surface area (Å²) in [4.78, 5) is 27.5. The van der Waals surface area contributed by atoms with E-state index in [-0.39, 0.29) is 23.3 Å². The quantitative estimate of drug-likeness (QED) is 0.669. The van der Waals surface area contributed by atoms with Crippen LogP contribution in [0.3, 0.4) is 0 Å². The summed E-state index contributed by atoms with van der Waals surface area (Å²) in [7, 11) is -3.57.